The predicted molar refractivity (Wildman–Crippen MR) is 78.0 cm³/mol. The van der Waals surface area contributed by atoms with Gasteiger partial charge >= 0.3 is 5.97 Å². The number of hydrogen-bond acceptors (Lipinski definition) is 4. The molecule has 2 rings (SSSR count). The number of aliphatic carboxylic acids is 1. The standard InChI is InChI=1S/C15H26N2O4/c1-11-5-9-17(10-6-11)8-2-7-16-14(18)12-3-4-13(21-12)15(19)20/h11-13H,2-10H2,1H3,(H,16,18)(H,19,20)/t12-,13+/m0/s1. The summed E-state index contributed by atoms with van der Waals surface area (Å²) in [6, 6.07) is 0. The maximum absolute atomic E-state index is 11.9. The first kappa shape index (κ1) is 16.2. The molecule has 0 unspecified atom stereocenters. The zero-order chi connectivity index (χ0) is 15.2. The average molecular weight is 298 g/mol. The van der Waals surface area contributed by atoms with E-state index in [1.807, 2.05) is 0 Å². The van der Waals surface area contributed by atoms with Gasteiger partial charge in [0.1, 0.15) is 6.10 Å². The number of amides is 1. The van der Waals surface area contributed by atoms with Crippen LogP contribution in [0.2, 0.25) is 0 Å². The third kappa shape index (κ3) is 4.97. The largest absolute Gasteiger partial charge is 0.479 e. The van der Waals surface area contributed by atoms with Gasteiger partial charge in [0.05, 0.1) is 0 Å². The van der Waals surface area contributed by atoms with Crippen LogP contribution in [0.25, 0.3) is 0 Å². The van der Waals surface area contributed by atoms with Gasteiger partial charge in [0.15, 0.2) is 6.10 Å². The molecule has 2 heterocycles. The van der Waals surface area contributed by atoms with E-state index in [2.05, 4.69) is 17.1 Å². The second-order valence-corrected chi connectivity index (χ2v) is 6.20. The minimum Gasteiger partial charge on any atom is -0.479 e. The van der Waals surface area contributed by atoms with Crippen LogP contribution in [0, 0.1) is 5.92 Å². The van der Waals surface area contributed by atoms with Crippen molar-refractivity contribution in [1.29, 1.82) is 0 Å². The van der Waals surface area contributed by atoms with Crippen LogP contribution in [0.5, 0.6) is 0 Å². The second-order valence-electron chi connectivity index (χ2n) is 6.20. The van der Waals surface area contributed by atoms with Crippen LogP contribution in [0.1, 0.15) is 39.0 Å². The van der Waals surface area contributed by atoms with Gasteiger partial charge in [-0.3, -0.25) is 4.79 Å². The van der Waals surface area contributed by atoms with E-state index in [1.54, 1.807) is 0 Å². The molecule has 2 aliphatic rings. The number of nitrogens with zero attached hydrogens (tertiary/aromatic N) is 1. The van der Waals surface area contributed by atoms with Gasteiger partial charge in [-0.2, -0.15) is 0 Å². The van der Waals surface area contributed by atoms with Crippen molar-refractivity contribution >= 4 is 11.9 Å². The highest BCUT2D eigenvalue weighted by Gasteiger charge is 2.34. The Bertz CT molecular complexity index is 367. The Labute approximate surface area is 125 Å². The summed E-state index contributed by atoms with van der Waals surface area (Å²) in [6.45, 7) is 6.24. The molecule has 0 spiro atoms. The zero-order valence-corrected chi connectivity index (χ0v) is 12.7. The number of nitrogens with one attached hydrogen (secondary N) is 1. The Hall–Kier alpha value is -1.14. The first-order valence-electron chi connectivity index (χ1n) is 7.94. The van der Waals surface area contributed by atoms with Crippen molar-refractivity contribution in [3.05, 3.63) is 0 Å². The highest BCUT2D eigenvalue weighted by atomic mass is 16.5. The normalized spacial score (nSPS) is 27.7. The highest BCUT2D eigenvalue weighted by Crippen LogP contribution is 2.20. The average Bonchev–Trinajstić information content (AvgIpc) is 2.95. The number of carboxylic acid groups (broad SMARTS) is 1. The van der Waals surface area contributed by atoms with Gasteiger partial charge in [0, 0.05) is 6.54 Å². The Morgan fingerprint density at radius 3 is 2.48 bits per heavy atom. The number of carboxylic acids is 1. The van der Waals surface area contributed by atoms with Crippen molar-refractivity contribution in [2.24, 2.45) is 5.92 Å². The molecule has 6 heteroatoms. The number of likely N-dealkylation sites (tertiary alicyclic amines) is 1. The molecular weight excluding hydrogens is 272 g/mol. The van der Waals surface area contributed by atoms with E-state index in [0.29, 0.717) is 19.4 Å². The van der Waals surface area contributed by atoms with Crippen molar-refractivity contribution in [3.8, 4) is 0 Å². The number of hydrogen-bond donors (Lipinski definition) is 2. The van der Waals surface area contributed by atoms with E-state index in [4.69, 9.17) is 9.84 Å². The highest BCUT2D eigenvalue weighted by molar-refractivity contribution is 5.82. The molecule has 0 radical (unpaired) electrons. The maximum Gasteiger partial charge on any atom is 0.332 e. The van der Waals surface area contributed by atoms with Crippen molar-refractivity contribution in [1.82, 2.24) is 10.2 Å². The van der Waals surface area contributed by atoms with Crippen LogP contribution in [0.3, 0.4) is 0 Å². The number of piperidine rings is 1. The minimum absolute atomic E-state index is 0.175. The van der Waals surface area contributed by atoms with Crippen LogP contribution in [-0.4, -0.2) is 60.3 Å². The van der Waals surface area contributed by atoms with Crippen LogP contribution in [0.4, 0.5) is 0 Å². The van der Waals surface area contributed by atoms with Crippen LogP contribution >= 0.6 is 0 Å². The lowest BCUT2D eigenvalue weighted by Gasteiger charge is -2.30. The van der Waals surface area contributed by atoms with E-state index in [-0.39, 0.29) is 5.91 Å². The molecule has 0 bridgehead atoms. The molecule has 21 heavy (non-hydrogen) atoms. The van der Waals surface area contributed by atoms with Gasteiger partial charge in [-0.25, -0.2) is 4.79 Å². The van der Waals surface area contributed by atoms with E-state index in [0.717, 1.165) is 32.0 Å². The van der Waals surface area contributed by atoms with Gasteiger partial charge < -0.3 is 20.1 Å². The Morgan fingerprint density at radius 2 is 1.86 bits per heavy atom. The number of rotatable bonds is 6. The third-order valence-corrected chi connectivity index (χ3v) is 4.41. The van der Waals surface area contributed by atoms with Crippen molar-refractivity contribution in [2.75, 3.05) is 26.2 Å². The predicted octanol–water partition coefficient (Wildman–Crippen LogP) is 0.857. The molecular formula is C15H26N2O4. The fourth-order valence-corrected chi connectivity index (χ4v) is 2.93. The van der Waals surface area contributed by atoms with Gasteiger partial charge in [-0.15, -0.1) is 0 Å². The van der Waals surface area contributed by atoms with Crippen LogP contribution in [-0.2, 0) is 14.3 Å². The number of ether oxygens (including phenoxy) is 1. The molecule has 0 aromatic rings. The summed E-state index contributed by atoms with van der Waals surface area (Å²) in [7, 11) is 0. The summed E-state index contributed by atoms with van der Waals surface area (Å²) in [5.74, 6) is -0.321. The third-order valence-electron chi connectivity index (χ3n) is 4.41. The molecule has 2 N–H and O–H groups in total. The quantitative estimate of drug-likeness (QED) is 0.711. The second kappa shape index (κ2) is 7.75. The molecule has 120 valence electrons. The van der Waals surface area contributed by atoms with Gasteiger partial charge in [-0.1, -0.05) is 6.92 Å². The fourth-order valence-electron chi connectivity index (χ4n) is 2.93. The van der Waals surface area contributed by atoms with Crippen molar-refractivity contribution in [2.45, 2.75) is 51.2 Å². The van der Waals surface area contributed by atoms with Crippen molar-refractivity contribution < 1.29 is 19.4 Å². The van der Waals surface area contributed by atoms with Gasteiger partial charge in [0.2, 0.25) is 5.91 Å². The molecule has 0 aromatic heterocycles. The van der Waals surface area contributed by atoms with Gasteiger partial charge in [-0.05, 0) is 57.7 Å². The smallest absolute Gasteiger partial charge is 0.332 e. The summed E-state index contributed by atoms with van der Waals surface area (Å²) >= 11 is 0. The van der Waals surface area contributed by atoms with E-state index in [9.17, 15) is 9.59 Å². The summed E-state index contributed by atoms with van der Waals surface area (Å²) in [5, 5.41) is 11.7. The molecule has 2 atom stereocenters. The lowest BCUT2D eigenvalue weighted by molar-refractivity contribution is -0.151. The molecule has 6 nitrogen and oxygen atoms in total. The summed E-state index contributed by atoms with van der Waals surface area (Å²) < 4.78 is 5.22. The first-order chi connectivity index (χ1) is 10.1. The monoisotopic (exact) mass is 298 g/mol. The molecule has 2 saturated heterocycles. The minimum atomic E-state index is -0.982. The Kier molecular flexibility index (Phi) is 5.99. The maximum atomic E-state index is 11.9. The molecule has 2 fully saturated rings. The zero-order valence-electron chi connectivity index (χ0n) is 12.7. The summed E-state index contributed by atoms with van der Waals surface area (Å²) in [5.41, 5.74) is 0. The fraction of sp³-hybridized carbons (Fsp3) is 0.867. The first-order valence-corrected chi connectivity index (χ1v) is 7.94. The van der Waals surface area contributed by atoms with E-state index >= 15 is 0 Å². The Balaban J connectivity index is 1.56. The molecule has 0 saturated carbocycles. The molecule has 1 amide bonds. The topological polar surface area (TPSA) is 78.9 Å². The van der Waals surface area contributed by atoms with E-state index in [1.165, 1.54) is 12.8 Å². The Morgan fingerprint density at radius 1 is 1.19 bits per heavy atom. The van der Waals surface area contributed by atoms with Crippen LogP contribution in [0.15, 0.2) is 0 Å². The molecule has 0 aliphatic carbocycles. The SMILES string of the molecule is CC1CCN(CCCNC(=O)[C@@H]2CC[C@H](C(=O)O)O2)CC1. The summed E-state index contributed by atoms with van der Waals surface area (Å²) in [6.07, 6.45) is 2.94. The lowest BCUT2D eigenvalue weighted by Crippen LogP contribution is -2.38. The lowest BCUT2D eigenvalue weighted by atomic mass is 9.99. The van der Waals surface area contributed by atoms with E-state index < -0.39 is 18.2 Å². The molecule has 0 aromatic carbocycles. The van der Waals surface area contributed by atoms with Gasteiger partial charge in [0.25, 0.3) is 0 Å². The number of carbonyl (C=O) groups is 2. The van der Waals surface area contributed by atoms with Crippen LogP contribution < -0.4 is 5.32 Å². The summed E-state index contributed by atoms with van der Waals surface area (Å²) in [4.78, 5) is 25.1. The molecule has 2 aliphatic heterocycles. The number of carbonyl (C=O) groups excluding carboxylic acids is 1. The van der Waals surface area contributed by atoms with Crippen molar-refractivity contribution in [3.63, 3.8) is 0 Å².